The van der Waals surface area contributed by atoms with E-state index in [1.807, 2.05) is 72.8 Å². The van der Waals surface area contributed by atoms with Crippen LogP contribution < -0.4 is 0 Å². The van der Waals surface area contributed by atoms with Gasteiger partial charge in [0.15, 0.2) is 5.78 Å². The molecule has 0 aliphatic rings. The van der Waals surface area contributed by atoms with Gasteiger partial charge in [-0.2, -0.15) is 0 Å². The maximum absolute atomic E-state index is 12.4. The van der Waals surface area contributed by atoms with Crippen LogP contribution in [-0.4, -0.2) is 5.78 Å². The van der Waals surface area contributed by atoms with Crippen LogP contribution in [0.1, 0.15) is 27.0 Å². The predicted octanol–water partition coefficient (Wildman–Crippen LogP) is 5.28. The SMILES string of the molecule is O=C(Cc1ccccc1C=Cc1ccccc1)c1ccccc1. The first-order valence-corrected chi connectivity index (χ1v) is 7.72. The Kier molecular flexibility index (Phi) is 4.80. The molecule has 0 N–H and O–H groups in total. The van der Waals surface area contributed by atoms with Gasteiger partial charge in [-0.15, -0.1) is 0 Å². The van der Waals surface area contributed by atoms with E-state index < -0.39 is 0 Å². The van der Waals surface area contributed by atoms with Crippen LogP contribution in [0, 0.1) is 0 Å². The molecule has 0 spiro atoms. The van der Waals surface area contributed by atoms with Crippen molar-refractivity contribution < 1.29 is 4.79 Å². The Labute approximate surface area is 136 Å². The van der Waals surface area contributed by atoms with Gasteiger partial charge in [-0.3, -0.25) is 4.79 Å². The van der Waals surface area contributed by atoms with E-state index in [0.717, 1.165) is 22.3 Å². The molecule has 23 heavy (non-hydrogen) atoms. The summed E-state index contributed by atoms with van der Waals surface area (Å²) in [6.45, 7) is 0. The fourth-order valence-electron chi connectivity index (χ4n) is 2.51. The molecule has 0 aromatic heterocycles. The minimum absolute atomic E-state index is 0.145. The third-order valence-corrected chi connectivity index (χ3v) is 3.76. The largest absolute Gasteiger partial charge is 0.294 e. The van der Waals surface area contributed by atoms with Gasteiger partial charge in [0.2, 0.25) is 0 Å². The standard InChI is InChI=1S/C22H18O/c23-22(20-12-5-2-6-13-20)17-21-14-8-7-11-19(21)16-15-18-9-3-1-4-10-18/h1-16H,17H2. The summed E-state index contributed by atoms with van der Waals surface area (Å²) in [6, 6.07) is 27.7. The van der Waals surface area contributed by atoms with Crippen molar-refractivity contribution in [1.82, 2.24) is 0 Å². The van der Waals surface area contributed by atoms with E-state index in [0.29, 0.717) is 6.42 Å². The zero-order chi connectivity index (χ0) is 15.9. The van der Waals surface area contributed by atoms with E-state index >= 15 is 0 Å². The fraction of sp³-hybridized carbons (Fsp3) is 0.0455. The minimum Gasteiger partial charge on any atom is -0.294 e. The van der Waals surface area contributed by atoms with Crippen molar-refractivity contribution >= 4 is 17.9 Å². The fourth-order valence-corrected chi connectivity index (χ4v) is 2.51. The van der Waals surface area contributed by atoms with E-state index in [4.69, 9.17) is 0 Å². The van der Waals surface area contributed by atoms with Crippen LogP contribution in [0.5, 0.6) is 0 Å². The van der Waals surface area contributed by atoms with Crippen LogP contribution >= 0.6 is 0 Å². The number of hydrogen-bond acceptors (Lipinski definition) is 1. The average molecular weight is 298 g/mol. The van der Waals surface area contributed by atoms with Crippen LogP contribution in [-0.2, 0) is 6.42 Å². The molecule has 0 atom stereocenters. The normalized spacial score (nSPS) is 10.8. The molecule has 112 valence electrons. The van der Waals surface area contributed by atoms with E-state index in [-0.39, 0.29) is 5.78 Å². The van der Waals surface area contributed by atoms with Crippen molar-refractivity contribution in [1.29, 1.82) is 0 Å². The quantitative estimate of drug-likeness (QED) is 0.462. The lowest BCUT2D eigenvalue weighted by Crippen LogP contribution is -2.04. The first-order chi connectivity index (χ1) is 11.3. The van der Waals surface area contributed by atoms with Gasteiger partial charge < -0.3 is 0 Å². The highest BCUT2D eigenvalue weighted by Gasteiger charge is 2.08. The van der Waals surface area contributed by atoms with Crippen molar-refractivity contribution in [2.24, 2.45) is 0 Å². The number of carbonyl (C=O) groups is 1. The van der Waals surface area contributed by atoms with E-state index in [1.165, 1.54) is 0 Å². The topological polar surface area (TPSA) is 17.1 Å². The van der Waals surface area contributed by atoms with Crippen molar-refractivity contribution in [2.45, 2.75) is 6.42 Å². The van der Waals surface area contributed by atoms with Gasteiger partial charge in [0.25, 0.3) is 0 Å². The second-order valence-corrected chi connectivity index (χ2v) is 5.41. The van der Waals surface area contributed by atoms with Gasteiger partial charge in [0.05, 0.1) is 0 Å². The van der Waals surface area contributed by atoms with Crippen LogP contribution in [0.3, 0.4) is 0 Å². The van der Waals surface area contributed by atoms with Crippen molar-refractivity contribution in [2.75, 3.05) is 0 Å². The maximum Gasteiger partial charge on any atom is 0.167 e. The number of hydrogen-bond donors (Lipinski definition) is 0. The Morgan fingerprint density at radius 1 is 0.696 bits per heavy atom. The summed E-state index contributed by atoms with van der Waals surface area (Å²) in [5, 5.41) is 0. The molecule has 0 amide bonds. The van der Waals surface area contributed by atoms with Gasteiger partial charge in [0.1, 0.15) is 0 Å². The molecular formula is C22H18O. The van der Waals surface area contributed by atoms with Crippen LogP contribution in [0.4, 0.5) is 0 Å². The lowest BCUT2D eigenvalue weighted by atomic mass is 9.98. The number of carbonyl (C=O) groups excluding carboxylic acids is 1. The molecular weight excluding hydrogens is 280 g/mol. The molecule has 0 heterocycles. The Hall–Kier alpha value is -2.93. The summed E-state index contributed by atoms with van der Waals surface area (Å²) >= 11 is 0. The van der Waals surface area contributed by atoms with E-state index in [2.05, 4.69) is 24.3 Å². The van der Waals surface area contributed by atoms with E-state index in [1.54, 1.807) is 0 Å². The van der Waals surface area contributed by atoms with Gasteiger partial charge in [0, 0.05) is 12.0 Å². The lowest BCUT2D eigenvalue weighted by molar-refractivity contribution is 0.0993. The molecule has 0 aliphatic heterocycles. The molecule has 0 bridgehead atoms. The number of ketones is 1. The number of benzene rings is 3. The molecule has 0 saturated carbocycles. The summed E-state index contributed by atoms with van der Waals surface area (Å²) < 4.78 is 0. The van der Waals surface area contributed by atoms with Crippen molar-refractivity contribution in [3.8, 4) is 0 Å². The Morgan fingerprint density at radius 2 is 1.30 bits per heavy atom. The third kappa shape index (κ3) is 4.04. The maximum atomic E-state index is 12.4. The first-order valence-electron chi connectivity index (χ1n) is 7.72. The molecule has 0 unspecified atom stereocenters. The molecule has 1 nitrogen and oxygen atoms in total. The number of rotatable bonds is 5. The van der Waals surface area contributed by atoms with Crippen LogP contribution in [0.2, 0.25) is 0 Å². The summed E-state index contributed by atoms with van der Waals surface area (Å²) in [7, 11) is 0. The Bertz CT molecular complexity index is 802. The summed E-state index contributed by atoms with van der Waals surface area (Å²) in [6.07, 6.45) is 4.56. The molecule has 1 heteroatoms. The van der Waals surface area contributed by atoms with Gasteiger partial charge in [-0.1, -0.05) is 97.1 Å². The second kappa shape index (κ2) is 7.37. The van der Waals surface area contributed by atoms with Crippen molar-refractivity contribution in [3.63, 3.8) is 0 Å². The Balaban J connectivity index is 1.81. The summed E-state index contributed by atoms with van der Waals surface area (Å²) in [5.41, 5.74) is 4.04. The smallest absolute Gasteiger partial charge is 0.167 e. The molecule has 0 radical (unpaired) electrons. The third-order valence-electron chi connectivity index (χ3n) is 3.76. The van der Waals surface area contributed by atoms with E-state index in [9.17, 15) is 4.79 Å². The van der Waals surface area contributed by atoms with Crippen molar-refractivity contribution in [3.05, 3.63) is 107 Å². The Morgan fingerprint density at radius 3 is 2.04 bits per heavy atom. The monoisotopic (exact) mass is 298 g/mol. The molecule has 0 fully saturated rings. The van der Waals surface area contributed by atoms with Crippen LogP contribution in [0.15, 0.2) is 84.9 Å². The average Bonchev–Trinajstić information content (AvgIpc) is 2.62. The molecule has 3 rings (SSSR count). The highest BCUT2D eigenvalue weighted by molar-refractivity contribution is 5.98. The highest BCUT2D eigenvalue weighted by atomic mass is 16.1. The summed E-state index contributed by atoms with van der Waals surface area (Å²) in [5.74, 6) is 0.145. The summed E-state index contributed by atoms with van der Waals surface area (Å²) in [4.78, 5) is 12.4. The highest BCUT2D eigenvalue weighted by Crippen LogP contribution is 2.16. The number of Topliss-reactive ketones (excluding diaryl/α,β-unsaturated/α-hetero) is 1. The zero-order valence-electron chi connectivity index (χ0n) is 12.9. The molecule has 0 saturated heterocycles. The van der Waals surface area contributed by atoms with Crippen LogP contribution in [0.25, 0.3) is 12.2 Å². The predicted molar refractivity (Wildman–Crippen MR) is 96.3 cm³/mol. The minimum atomic E-state index is 0.145. The molecule has 3 aromatic carbocycles. The lowest BCUT2D eigenvalue weighted by Gasteiger charge is -2.06. The first kappa shape index (κ1) is 15.0. The second-order valence-electron chi connectivity index (χ2n) is 5.41. The van der Waals surface area contributed by atoms with Gasteiger partial charge in [-0.25, -0.2) is 0 Å². The van der Waals surface area contributed by atoms with Gasteiger partial charge in [-0.05, 0) is 16.7 Å². The molecule has 0 aliphatic carbocycles. The zero-order valence-corrected chi connectivity index (χ0v) is 12.9. The van der Waals surface area contributed by atoms with Gasteiger partial charge >= 0.3 is 0 Å². The molecule has 3 aromatic rings.